The Balaban J connectivity index is 1.41. The zero-order valence-electron chi connectivity index (χ0n) is 25.3. The summed E-state index contributed by atoms with van der Waals surface area (Å²) in [6.45, 7) is 9.34. The van der Waals surface area contributed by atoms with Gasteiger partial charge >= 0.3 is 0 Å². The monoisotopic (exact) mass is 618 g/mol. The Kier molecular flexibility index (Phi) is 8.53. The van der Waals surface area contributed by atoms with Gasteiger partial charge < -0.3 is 15.4 Å². The van der Waals surface area contributed by atoms with Crippen LogP contribution >= 0.6 is 0 Å². The molecule has 3 aromatic rings. The summed E-state index contributed by atoms with van der Waals surface area (Å²) in [6, 6.07) is 9.42. The van der Waals surface area contributed by atoms with E-state index in [1.807, 2.05) is 13.0 Å². The maximum absolute atomic E-state index is 13.5. The number of aromatic nitrogens is 3. The molecule has 0 radical (unpaired) electrons. The number of ether oxygens (including phenoxy) is 1. The number of nitrogen functional groups attached to an aromatic ring is 1. The van der Waals surface area contributed by atoms with Crippen molar-refractivity contribution in [1.82, 2.24) is 30.5 Å². The van der Waals surface area contributed by atoms with Gasteiger partial charge in [0.25, 0.3) is 15.9 Å². The number of anilines is 2. The molecule has 5 N–H and O–H groups in total. The topological polar surface area (TPSA) is 184 Å². The summed E-state index contributed by atoms with van der Waals surface area (Å²) in [6.07, 6.45) is 10.2. The summed E-state index contributed by atoms with van der Waals surface area (Å²) in [5, 5.41) is -0.344. The molecule has 44 heavy (non-hydrogen) atoms. The summed E-state index contributed by atoms with van der Waals surface area (Å²) in [5.41, 5.74) is 13.8. The van der Waals surface area contributed by atoms with Crippen molar-refractivity contribution in [2.45, 2.75) is 69.6 Å². The fourth-order valence-corrected chi connectivity index (χ4v) is 6.63. The predicted octanol–water partition coefficient (Wildman–Crippen LogP) is 3.16. The van der Waals surface area contributed by atoms with Crippen molar-refractivity contribution in [2.75, 3.05) is 23.8 Å². The number of sulfonamides is 1. The van der Waals surface area contributed by atoms with Crippen molar-refractivity contribution in [1.29, 1.82) is 0 Å². The Hall–Kier alpha value is -4.25. The van der Waals surface area contributed by atoms with Crippen LogP contribution in [0, 0.1) is 25.2 Å². The van der Waals surface area contributed by atoms with Gasteiger partial charge in [-0.2, -0.15) is 8.42 Å². The van der Waals surface area contributed by atoms with Crippen molar-refractivity contribution in [3.8, 4) is 29.5 Å². The Morgan fingerprint density at radius 3 is 2.64 bits per heavy atom. The SMILES string of the molecule is C#CCCC1(CCOc2ncc(-c3ccc(C(=O)NS(=O)(=O)c4cccc(N)n4)c(N4C[C@@H](C)CC4(C)C)n3)cc2C)NN1. The second kappa shape index (κ2) is 12.0. The van der Waals surface area contributed by atoms with Crippen molar-refractivity contribution in [3.05, 3.63) is 53.7 Å². The van der Waals surface area contributed by atoms with E-state index in [0.717, 1.165) is 30.4 Å². The second-order valence-corrected chi connectivity index (χ2v) is 13.7. The van der Waals surface area contributed by atoms with Gasteiger partial charge in [-0.3, -0.25) is 4.79 Å². The van der Waals surface area contributed by atoms with Crippen LogP contribution in [0.25, 0.3) is 11.3 Å². The number of carbonyl (C=O) groups is 1. The van der Waals surface area contributed by atoms with E-state index in [4.69, 9.17) is 21.9 Å². The van der Waals surface area contributed by atoms with Crippen LogP contribution in [0.2, 0.25) is 0 Å². The fraction of sp³-hybridized carbons (Fsp3) is 0.419. The molecule has 2 saturated heterocycles. The van der Waals surface area contributed by atoms with Gasteiger partial charge in [-0.25, -0.2) is 30.5 Å². The normalized spacial score (nSPS) is 18.4. The van der Waals surface area contributed by atoms with Gasteiger partial charge in [0.2, 0.25) is 5.88 Å². The largest absolute Gasteiger partial charge is 0.477 e. The van der Waals surface area contributed by atoms with Crippen LogP contribution in [-0.4, -0.2) is 53.6 Å². The van der Waals surface area contributed by atoms with Crippen molar-refractivity contribution >= 4 is 27.6 Å². The fourth-order valence-electron chi connectivity index (χ4n) is 5.69. The molecule has 2 aliphatic rings. The number of nitrogens with two attached hydrogens (primary N) is 1. The molecule has 0 aliphatic carbocycles. The van der Waals surface area contributed by atoms with E-state index in [-0.39, 0.29) is 27.6 Å². The molecule has 0 spiro atoms. The molecule has 12 nitrogen and oxygen atoms in total. The highest BCUT2D eigenvalue weighted by Gasteiger charge is 2.41. The van der Waals surface area contributed by atoms with Crippen LogP contribution in [0.4, 0.5) is 11.6 Å². The first kappa shape index (κ1) is 31.2. The molecular formula is C31H38N8O4S. The number of aryl methyl sites for hydroxylation is 1. The Labute approximate surface area is 258 Å². The molecule has 13 heteroatoms. The first-order valence-electron chi connectivity index (χ1n) is 14.5. The number of nitrogens with zero attached hydrogens (tertiary/aromatic N) is 4. The van der Waals surface area contributed by atoms with E-state index in [1.54, 1.807) is 18.3 Å². The van der Waals surface area contributed by atoms with Gasteiger partial charge in [0.1, 0.15) is 11.6 Å². The molecule has 0 saturated carbocycles. The minimum atomic E-state index is -4.28. The number of amides is 1. The summed E-state index contributed by atoms with van der Waals surface area (Å²) in [7, 11) is -4.28. The Bertz CT molecular complexity index is 1720. The third-order valence-corrected chi connectivity index (χ3v) is 9.20. The lowest BCUT2D eigenvalue weighted by Gasteiger charge is -2.34. The predicted molar refractivity (Wildman–Crippen MR) is 168 cm³/mol. The van der Waals surface area contributed by atoms with Crippen LogP contribution < -0.4 is 30.9 Å². The summed E-state index contributed by atoms with van der Waals surface area (Å²) < 4.78 is 34.1. The highest BCUT2D eigenvalue weighted by molar-refractivity contribution is 7.90. The summed E-state index contributed by atoms with van der Waals surface area (Å²) >= 11 is 0. The molecule has 5 rings (SSSR count). The highest BCUT2D eigenvalue weighted by Crippen LogP contribution is 2.38. The molecule has 5 heterocycles. The number of rotatable bonds is 11. The summed E-state index contributed by atoms with van der Waals surface area (Å²) in [5.74, 6) is 3.14. The minimum absolute atomic E-state index is 0.0288. The average Bonchev–Trinajstić information content (AvgIpc) is 3.68. The first-order valence-corrected chi connectivity index (χ1v) is 16.0. The van der Waals surface area contributed by atoms with E-state index < -0.39 is 15.9 Å². The lowest BCUT2D eigenvalue weighted by molar-refractivity contribution is 0.0981. The number of pyridine rings is 3. The standard InChI is InChI=1S/C31H38N8O4S/c1-6-7-13-31(37-38-31)14-15-43-29-21(3)16-22(18-33-29)24-12-11-23(27(34-24)39-19-20(2)17-30(39,4)5)28(40)36-44(41,42)26-10-8-9-25(32)35-26/h1,8-12,16,18,20,37-38H,7,13-15,17,19H2,2-5H3,(H2,32,35)(H,36,40)/t20-/m0/s1. The maximum Gasteiger partial charge on any atom is 0.281 e. The number of hydrazine groups is 1. The molecule has 1 amide bonds. The lowest BCUT2D eigenvalue weighted by atomic mass is 9.97. The molecular weight excluding hydrogens is 580 g/mol. The third kappa shape index (κ3) is 6.77. The third-order valence-electron chi connectivity index (χ3n) is 7.96. The van der Waals surface area contributed by atoms with Crippen LogP contribution in [0.1, 0.15) is 62.4 Å². The molecule has 0 aromatic carbocycles. The maximum atomic E-state index is 13.5. The molecule has 0 unspecified atom stereocenters. The van der Waals surface area contributed by atoms with Crippen LogP contribution in [-0.2, 0) is 10.0 Å². The van der Waals surface area contributed by atoms with Crippen molar-refractivity contribution in [2.24, 2.45) is 5.92 Å². The Morgan fingerprint density at radius 2 is 2.00 bits per heavy atom. The second-order valence-electron chi connectivity index (χ2n) is 12.1. The van der Waals surface area contributed by atoms with E-state index in [1.165, 1.54) is 18.2 Å². The van der Waals surface area contributed by atoms with E-state index in [0.29, 0.717) is 42.9 Å². The molecule has 232 valence electrons. The zero-order chi connectivity index (χ0) is 31.7. The molecule has 2 aliphatic heterocycles. The first-order chi connectivity index (χ1) is 20.8. The quantitative estimate of drug-likeness (QED) is 0.183. The van der Waals surface area contributed by atoms with Gasteiger partial charge in [-0.05, 0) is 69.9 Å². The van der Waals surface area contributed by atoms with E-state index in [9.17, 15) is 13.2 Å². The van der Waals surface area contributed by atoms with Crippen LogP contribution in [0.15, 0.2) is 47.6 Å². The van der Waals surface area contributed by atoms with Crippen molar-refractivity contribution in [3.63, 3.8) is 0 Å². The van der Waals surface area contributed by atoms with E-state index in [2.05, 4.69) is 57.1 Å². The number of hydrogen-bond donors (Lipinski definition) is 4. The molecule has 3 aromatic heterocycles. The van der Waals surface area contributed by atoms with Gasteiger partial charge in [-0.1, -0.05) is 13.0 Å². The van der Waals surface area contributed by atoms with E-state index >= 15 is 0 Å². The van der Waals surface area contributed by atoms with Crippen LogP contribution in [0.5, 0.6) is 5.88 Å². The minimum Gasteiger partial charge on any atom is -0.477 e. The van der Waals surface area contributed by atoms with Crippen LogP contribution in [0.3, 0.4) is 0 Å². The number of hydrogen-bond acceptors (Lipinski definition) is 11. The summed E-state index contributed by atoms with van der Waals surface area (Å²) in [4.78, 5) is 28.9. The zero-order valence-corrected chi connectivity index (χ0v) is 26.2. The number of nitrogens with one attached hydrogen (secondary N) is 3. The number of carbonyl (C=O) groups excluding carboxylic acids is 1. The molecule has 1 atom stereocenters. The number of terminal acetylenes is 1. The molecule has 2 fully saturated rings. The average molecular weight is 619 g/mol. The molecule has 0 bridgehead atoms. The van der Waals surface area contributed by atoms with Gasteiger partial charge in [0.15, 0.2) is 5.03 Å². The van der Waals surface area contributed by atoms with Gasteiger partial charge in [0.05, 0.1) is 23.5 Å². The Morgan fingerprint density at radius 1 is 1.23 bits per heavy atom. The van der Waals surface area contributed by atoms with Gasteiger partial charge in [-0.15, -0.1) is 12.3 Å². The highest BCUT2D eigenvalue weighted by atomic mass is 32.2. The van der Waals surface area contributed by atoms with Crippen molar-refractivity contribution < 1.29 is 17.9 Å². The van der Waals surface area contributed by atoms with Gasteiger partial charge in [0, 0.05) is 42.2 Å². The smallest absolute Gasteiger partial charge is 0.281 e. The lowest BCUT2D eigenvalue weighted by Crippen LogP contribution is -2.41.